The van der Waals surface area contributed by atoms with Crippen LogP contribution in [-0.4, -0.2) is 36.6 Å². The van der Waals surface area contributed by atoms with Gasteiger partial charge in [0, 0.05) is 19.2 Å². The first-order valence-corrected chi connectivity index (χ1v) is 6.50. The molecule has 1 aliphatic rings. The van der Waals surface area contributed by atoms with Crippen LogP contribution in [0.1, 0.15) is 12.8 Å². The quantitative estimate of drug-likeness (QED) is 0.930. The molecule has 0 saturated carbocycles. The van der Waals surface area contributed by atoms with Crippen molar-refractivity contribution in [2.24, 2.45) is 0 Å². The number of halogens is 2. The molecule has 0 aliphatic carbocycles. The van der Waals surface area contributed by atoms with Crippen molar-refractivity contribution in [3.05, 3.63) is 29.0 Å². The minimum Gasteiger partial charge on any atom is -0.444 e. The number of cyclic esters (lactones) is 1. The first-order chi connectivity index (χ1) is 9.45. The zero-order valence-corrected chi connectivity index (χ0v) is 11.6. The summed E-state index contributed by atoms with van der Waals surface area (Å²) in [6, 6.07) is 3.96. The summed E-state index contributed by atoms with van der Waals surface area (Å²) >= 11 is 5.62. The zero-order chi connectivity index (χ0) is 14.7. The number of carbonyl (C=O) groups is 2. The highest BCUT2D eigenvalue weighted by Gasteiger charge is 2.28. The average Bonchev–Trinajstić information content (AvgIpc) is 2.71. The first kappa shape index (κ1) is 14.6. The van der Waals surface area contributed by atoms with Crippen molar-refractivity contribution >= 4 is 29.3 Å². The highest BCUT2D eigenvalue weighted by atomic mass is 35.5. The molecule has 20 heavy (non-hydrogen) atoms. The molecule has 1 unspecified atom stereocenters. The molecular formula is C13H14ClFN2O3. The van der Waals surface area contributed by atoms with Gasteiger partial charge in [0.25, 0.3) is 0 Å². The van der Waals surface area contributed by atoms with E-state index in [1.54, 1.807) is 7.05 Å². The monoisotopic (exact) mass is 300 g/mol. The van der Waals surface area contributed by atoms with E-state index >= 15 is 0 Å². The van der Waals surface area contributed by atoms with Crippen LogP contribution < -0.4 is 5.32 Å². The number of benzene rings is 1. The van der Waals surface area contributed by atoms with Gasteiger partial charge in [0.1, 0.15) is 11.9 Å². The van der Waals surface area contributed by atoms with Gasteiger partial charge in [-0.05, 0) is 24.6 Å². The highest BCUT2D eigenvalue weighted by molar-refractivity contribution is 6.31. The summed E-state index contributed by atoms with van der Waals surface area (Å²) in [5.41, 5.74) is 0.432. The Balaban J connectivity index is 1.81. The van der Waals surface area contributed by atoms with Crippen molar-refractivity contribution in [1.29, 1.82) is 0 Å². The Bertz CT molecular complexity index is 538. The predicted molar refractivity (Wildman–Crippen MR) is 72.2 cm³/mol. The summed E-state index contributed by atoms with van der Waals surface area (Å²) in [7, 11) is 1.64. The molecular weight excluding hydrogens is 287 g/mol. The van der Waals surface area contributed by atoms with Crippen molar-refractivity contribution in [2.75, 3.05) is 18.9 Å². The molecule has 5 nitrogen and oxygen atoms in total. The molecule has 108 valence electrons. The maximum Gasteiger partial charge on any atom is 0.409 e. The van der Waals surface area contributed by atoms with Crippen LogP contribution in [0, 0.1) is 5.82 Å². The number of anilines is 1. The molecule has 1 saturated heterocycles. The van der Waals surface area contributed by atoms with E-state index in [4.69, 9.17) is 16.3 Å². The van der Waals surface area contributed by atoms with Gasteiger partial charge in [-0.25, -0.2) is 9.18 Å². The van der Waals surface area contributed by atoms with Gasteiger partial charge in [0.15, 0.2) is 0 Å². The standard InChI is InChI=1S/C13H14ClFN2O3/c1-17-7-9(20-13(17)19)3-5-12(18)16-8-2-4-11(15)10(14)6-8/h2,4,6,9H,3,5,7H2,1H3,(H,16,18). The van der Waals surface area contributed by atoms with Gasteiger partial charge < -0.3 is 15.0 Å². The number of nitrogens with one attached hydrogen (secondary N) is 1. The van der Waals surface area contributed by atoms with E-state index in [-0.39, 0.29) is 29.5 Å². The van der Waals surface area contributed by atoms with Crippen LogP contribution in [-0.2, 0) is 9.53 Å². The fraction of sp³-hybridized carbons (Fsp3) is 0.385. The van der Waals surface area contributed by atoms with Crippen molar-refractivity contribution < 1.29 is 18.7 Å². The molecule has 2 rings (SSSR count). The second-order valence-electron chi connectivity index (χ2n) is 4.60. The lowest BCUT2D eigenvalue weighted by molar-refractivity contribution is -0.116. The Morgan fingerprint density at radius 2 is 2.35 bits per heavy atom. The van der Waals surface area contributed by atoms with Crippen LogP contribution in [0.4, 0.5) is 14.9 Å². The van der Waals surface area contributed by atoms with Crippen molar-refractivity contribution in [2.45, 2.75) is 18.9 Å². The molecule has 1 N–H and O–H groups in total. The molecule has 1 fully saturated rings. The van der Waals surface area contributed by atoms with E-state index in [0.717, 1.165) is 0 Å². The van der Waals surface area contributed by atoms with E-state index in [1.165, 1.54) is 23.1 Å². The smallest absolute Gasteiger partial charge is 0.409 e. The Kier molecular flexibility index (Phi) is 4.44. The first-order valence-electron chi connectivity index (χ1n) is 6.12. The molecule has 1 atom stereocenters. The topological polar surface area (TPSA) is 58.6 Å². The van der Waals surface area contributed by atoms with Gasteiger partial charge in [-0.1, -0.05) is 11.6 Å². The van der Waals surface area contributed by atoms with Gasteiger partial charge >= 0.3 is 6.09 Å². The van der Waals surface area contributed by atoms with Crippen LogP contribution >= 0.6 is 11.6 Å². The Morgan fingerprint density at radius 3 is 2.95 bits per heavy atom. The van der Waals surface area contributed by atoms with Crippen LogP contribution in [0.15, 0.2) is 18.2 Å². The zero-order valence-electron chi connectivity index (χ0n) is 10.9. The maximum atomic E-state index is 13.0. The molecule has 1 aliphatic heterocycles. The fourth-order valence-corrected chi connectivity index (χ4v) is 2.07. The lowest BCUT2D eigenvalue weighted by Crippen LogP contribution is -2.20. The van der Waals surface area contributed by atoms with Crippen LogP contribution in [0.3, 0.4) is 0 Å². The normalized spacial score (nSPS) is 18.1. The molecule has 1 aromatic carbocycles. The SMILES string of the molecule is CN1CC(CCC(=O)Nc2ccc(F)c(Cl)c2)OC1=O. The summed E-state index contributed by atoms with van der Waals surface area (Å²) in [4.78, 5) is 24.3. The van der Waals surface area contributed by atoms with Crippen LogP contribution in [0.5, 0.6) is 0 Å². The van der Waals surface area contributed by atoms with Gasteiger partial charge in [-0.2, -0.15) is 0 Å². The molecule has 0 radical (unpaired) electrons. The van der Waals surface area contributed by atoms with Crippen LogP contribution in [0.25, 0.3) is 0 Å². The number of nitrogens with zero attached hydrogens (tertiary/aromatic N) is 1. The third-order valence-corrected chi connectivity index (χ3v) is 3.24. The number of hydrogen-bond donors (Lipinski definition) is 1. The third kappa shape index (κ3) is 3.60. The number of rotatable bonds is 4. The molecule has 7 heteroatoms. The second kappa shape index (κ2) is 6.09. The summed E-state index contributed by atoms with van der Waals surface area (Å²) in [6.45, 7) is 0.481. The van der Waals surface area contributed by atoms with Gasteiger partial charge in [0.05, 0.1) is 11.6 Å². The molecule has 2 amide bonds. The Hall–Kier alpha value is -1.82. The van der Waals surface area contributed by atoms with Crippen molar-refractivity contribution in [1.82, 2.24) is 4.90 Å². The minimum atomic E-state index is -0.537. The van der Waals surface area contributed by atoms with E-state index in [2.05, 4.69) is 5.32 Å². The number of amides is 2. The lowest BCUT2D eigenvalue weighted by atomic mass is 10.2. The highest BCUT2D eigenvalue weighted by Crippen LogP contribution is 2.20. The lowest BCUT2D eigenvalue weighted by Gasteiger charge is -2.09. The molecule has 0 spiro atoms. The number of hydrogen-bond acceptors (Lipinski definition) is 3. The van der Waals surface area contributed by atoms with E-state index in [1.807, 2.05) is 0 Å². The number of likely N-dealkylation sites (N-methyl/N-ethyl adjacent to an activating group) is 1. The molecule has 1 aromatic rings. The summed E-state index contributed by atoms with van der Waals surface area (Å²) in [6.07, 6.45) is 0.00762. The largest absolute Gasteiger partial charge is 0.444 e. The average molecular weight is 301 g/mol. The Morgan fingerprint density at radius 1 is 1.60 bits per heavy atom. The minimum absolute atomic E-state index is 0.0471. The Labute approximate surface area is 120 Å². The molecule has 0 bridgehead atoms. The third-order valence-electron chi connectivity index (χ3n) is 2.95. The van der Waals surface area contributed by atoms with E-state index < -0.39 is 5.82 Å². The second-order valence-corrected chi connectivity index (χ2v) is 5.01. The maximum absolute atomic E-state index is 13.0. The van der Waals surface area contributed by atoms with Crippen LogP contribution in [0.2, 0.25) is 5.02 Å². The fourth-order valence-electron chi connectivity index (χ4n) is 1.89. The number of ether oxygens (including phenoxy) is 1. The number of carbonyl (C=O) groups excluding carboxylic acids is 2. The van der Waals surface area contributed by atoms with Crippen molar-refractivity contribution in [3.63, 3.8) is 0 Å². The van der Waals surface area contributed by atoms with Gasteiger partial charge in [-0.3, -0.25) is 4.79 Å². The predicted octanol–water partition coefficient (Wildman–Crippen LogP) is 2.65. The molecule has 0 aromatic heterocycles. The summed E-state index contributed by atoms with van der Waals surface area (Å²) < 4.78 is 18.0. The van der Waals surface area contributed by atoms with Crippen molar-refractivity contribution in [3.8, 4) is 0 Å². The summed E-state index contributed by atoms with van der Waals surface area (Å²) in [5.74, 6) is -0.774. The van der Waals surface area contributed by atoms with Gasteiger partial charge in [-0.15, -0.1) is 0 Å². The van der Waals surface area contributed by atoms with E-state index in [0.29, 0.717) is 18.7 Å². The summed E-state index contributed by atoms with van der Waals surface area (Å²) in [5, 5.41) is 2.57. The molecule has 1 heterocycles. The van der Waals surface area contributed by atoms with E-state index in [9.17, 15) is 14.0 Å². The van der Waals surface area contributed by atoms with Gasteiger partial charge in [0.2, 0.25) is 5.91 Å².